The number of hydrogen-bond donors (Lipinski definition) is 1. The Balaban J connectivity index is 1.23. The number of ether oxygens (including phenoxy) is 1. The lowest BCUT2D eigenvalue weighted by Gasteiger charge is -2.21. The van der Waals surface area contributed by atoms with Gasteiger partial charge in [-0.15, -0.1) is 0 Å². The normalized spacial score (nSPS) is 16.0. The van der Waals surface area contributed by atoms with Crippen molar-refractivity contribution >= 4 is 28.1 Å². The molecule has 3 heterocycles. The highest BCUT2D eigenvalue weighted by Crippen LogP contribution is 2.35. The van der Waals surface area contributed by atoms with Gasteiger partial charge < -0.3 is 14.1 Å². The van der Waals surface area contributed by atoms with Gasteiger partial charge in [0.15, 0.2) is 5.58 Å². The molecule has 33 heavy (non-hydrogen) atoms. The molecule has 1 aliphatic heterocycles. The summed E-state index contributed by atoms with van der Waals surface area (Å²) in [5.74, 6) is 0.567. The number of aromatic nitrogens is 2. The minimum absolute atomic E-state index is 0.208. The summed E-state index contributed by atoms with van der Waals surface area (Å²) in [5.41, 5.74) is 5.78. The first-order valence-corrected chi connectivity index (χ1v) is 11.2. The van der Waals surface area contributed by atoms with Crippen LogP contribution in [0.25, 0.3) is 33.1 Å². The molecule has 0 saturated carbocycles. The van der Waals surface area contributed by atoms with E-state index < -0.39 is 0 Å². The molecular weight excluding hydrogens is 414 g/mol. The minimum Gasteiger partial charge on any atom is -0.445 e. The van der Waals surface area contributed by atoms with Crippen LogP contribution in [0, 0.1) is 0 Å². The van der Waals surface area contributed by atoms with Gasteiger partial charge in [-0.05, 0) is 65.3 Å². The van der Waals surface area contributed by atoms with Gasteiger partial charge in [-0.2, -0.15) is 0 Å². The molecule has 2 aromatic heterocycles. The third-order valence-electron chi connectivity index (χ3n) is 6.27. The zero-order valence-corrected chi connectivity index (χ0v) is 18.0. The van der Waals surface area contributed by atoms with Crippen molar-refractivity contribution in [1.82, 2.24) is 14.9 Å². The lowest BCUT2D eigenvalue weighted by atomic mass is 10.0. The summed E-state index contributed by atoms with van der Waals surface area (Å²) in [4.78, 5) is 22.4. The highest BCUT2D eigenvalue weighted by Gasteiger charge is 2.34. The molecule has 1 aliphatic rings. The summed E-state index contributed by atoms with van der Waals surface area (Å²) in [6, 6.07) is 24.0. The number of rotatable bonds is 4. The molecule has 0 unspecified atom stereocenters. The first kappa shape index (κ1) is 19.6. The number of oxazole rings is 1. The van der Waals surface area contributed by atoms with Crippen molar-refractivity contribution in [3.63, 3.8) is 0 Å². The van der Waals surface area contributed by atoms with Gasteiger partial charge in [0, 0.05) is 18.3 Å². The van der Waals surface area contributed by atoms with Crippen molar-refractivity contribution in [2.45, 2.75) is 25.5 Å². The zero-order valence-electron chi connectivity index (χ0n) is 18.0. The maximum absolute atomic E-state index is 12.8. The second-order valence-electron chi connectivity index (χ2n) is 8.41. The molecule has 0 radical (unpaired) electrons. The molecule has 1 fully saturated rings. The number of carbonyl (C=O) groups is 1. The SMILES string of the molecule is O=C(OCc1ccccc1)N1CCC[C@H]1c1nc2ccc(-c3ccc4[nH]ccc4c3)cc2o1. The summed E-state index contributed by atoms with van der Waals surface area (Å²) >= 11 is 0. The van der Waals surface area contributed by atoms with Gasteiger partial charge in [0.25, 0.3) is 0 Å². The van der Waals surface area contributed by atoms with E-state index in [0.29, 0.717) is 12.4 Å². The summed E-state index contributed by atoms with van der Waals surface area (Å²) in [6.45, 7) is 0.893. The second-order valence-corrected chi connectivity index (χ2v) is 8.41. The Bertz CT molecular complexity index is 1440. The summed E-state index contributed by atoms with van der Waals surface area (Å²) in [7, 11) is 0. The largest absolute Gasteiger partial charge is 0.445 e. The topological polar surface area (TPSA) is 71.4 Å². The predicted molar refractivity (Wildman–Crippen MR) is 127 cm³/mol. The Morgan fingerprint density at radius 2 is 1.91 bits per heavy atom. The smallest absolute Gasteiger partial charge is 0.410 e. The Morgan fingerprint density at radius 1 is 1.06 bits per heavy atom. The molecule has 1 atom stereocenters. The van der Waals surface area contributed by atoms with E-state index in [1.165, 1.54) is 5.39 Å². The Morgan fingerprint density at radius 3 is 2.82 bits per heavy atom. The van der Waals surface area contributed by atoms with Crippen LogP contribution < -0.4 is 0 Å². The summed E-state index contributed by atoms with van der Waals surface area (Å²) < 4.78 is 11.7. The van der Waals surface area contributed by atoms with Gasteiger partial charge in [0.1, 0.15) is 18.2 Å². The van der Waals surface area contributed by atoms with Crippen molar-refractivity contribution in [2.24, 2.45) is 0 Å². The van der Waals surface area contributed by atoms with Crippen LogP contribution in [-0.2, 0) is 11.3 Å². The van der Waals surface area contributed by atoms with Crippen LogP contribution in [0.15, 0.2) is 83.4 Å². The lowest BCUT2D eigenvalue weighted by Crippen LogP contribution is -2.31. The lowest BCUT2D eigenvalue weighted by molar-refractivity contribution is 0.0881. The quantitative estimate of drug-likeness (QED) is 0.351. The standard InChI is InChI=1S/C27H23N3O3/c31-27(32-17-18-5-2-1-3-6-18)30-14-4-7-24(30)26-29-23-11-9-20(16-25(23)33-26)19-8-10-22-21(15-19)12-13-28-22/h1-3,5-6,8-13,15-16,24,28H,4,7,14,17H2/t24-/m0/s1. The van der Waals surface area contributed by atoms with Crippen LogP contribution in [-0.4, -0.2) is 27.5 Å². The van der Waals surface area contributed by atoms with E-state index in [1.54, 1.807) is 4.90 Å². The van der Waals surface area contributed by atoms with Crippen molar-refractivity contribution in [3.05, 3.63) is 90.4 Å². The van der Waals surface area contributed by atoms with Gasteiger partial charge in [-0.25, -0.2) is 9.78 Å². The molecule has 1 N–H and O–H groups in total. The van der Waals surface area contributed by atoms with Crippen molar-refractivity contribution < 1.29 is 13.9 Å². The Hall–Kier alpha value is -4.06. The maximum Gasteiger partial charge on any atom is 0.410 e. The number of fused-ring (bicyclic) bond motifs is 2. The van der Waals surface area contributed by atoms with Crippen LogP contribution >= 0.6 is 0 Å². The zero-order chi connectivity index (χ0) is 22.2. The number of nitrogens with zero attached hydrogens (tertiary/aromatic N) is 2. The van der Waals surface area contributed by atoms with Gasteiger partial charge in [0.2, 0.25) is 5.89 Å². The second kappa shape index (κ2) is 8.13. The van der Waals surface area contributed by atoms with E-state index in [-0.39, 0.29) is 18.7 Å². The van der Waals surface area contributed by atoms with E-state index in [9.17, 15) is 4.79 Å². The molecule has 164 valence electrons. The van der Waals surface area contributed by atoms with Crippen molar-refractivity contribution in [2.75, 3.05) is 6.54 Å². The van der Waals surface area contributed by atoms with Crippen LogP contribution in [0.3, 0.4) is 0 Å². The Labute approximate surface area is 190 Å². The number of benzene rings is 3. The molecule has 0 bridgehead atoms. The summed E-state index contributed by atoms with van der Waals surface area (Å²) in [5, 5.41) is 1.17. The van der Waals surface area contributed by atoms with Crippen LogP contribution in [0.5, 0.6) is 0 Å². The average molecular weight is 437 g/mol. The molecule has 6 rings (SSSR count). The molecule has 1 saturated heterocycles. The highest BCUT2D eigenvalue weighted by molar-refractivity contribution is 5.87. The minimum atomic E-state index is -0.330. The van der Waals surface area contributed by atoms with Gasteiger partial charge >= 0.3 is 6.09 Å². The maximum atomic E-state index is 12.8. The Kier molecular flexibility index (Phi) is 4.83. The highest BCUT2D eigenvalue weighted by atomic mass is 16.6. The predicted octanol–water partition coefficient (Wildman–Crippen LogP) is 6.45. The molecular formula is C27H23N3O3. The van der Waals surface area contributed by atoms with E-state index in [2.05, 4.69) is 35.3 Å². The van der Waals surface area contributed by atoms with Crippen molar-refractivity contribution in [1.29, 1.82) is 0 Å². The van der Waals surface area contributed by atoms with E-state index in [0.717, 1.165) is 46.1 Å². The molecule has 6 heteroatoms. The number of H-pyrrole nitrogens is 1. The summed E-state index contributed by atoms with van der Waals surface area (Å²) in [6.07, 6.45) is 3.32. The molecule has 1 amide bonds. The third-order valence-corrected chi connectivity index (χ3v) is 6.27. The molecule has 6 nitrogen and oxygen atoms in total. The van der Waals surface area contributed by atoms with E-state index in [4.69, 9.17) is 14.1 Å². The number of amides is 1. The van der Waals surface area contributed by atoms with Crippen molar-refractivity contribution in [3.8, 4) is 11.1 Å². The number of carbonyl (C=O) groups excluding carboxylic acids is 1. The molecule has 0 spiro atoms. The number of nitrogens with one attached hydrogen (secondary N) is 1. The van der Waals surface area contributed by atoms with E-state index >= 15 is 0 Å². The number of aromatic amines is 1. The molecule has 5 aromatic rings. The van der Waals surface area contributed by atoms with Gasteiger partial charge in [0.05, 0.1) is 0 Å². The fourth-order valence-corrected chi connectivity index (χ4v) is 4.54. The fraction of sp³-hybridized carbons (Fsp3) is 0.185. The number of likely N-dealkylation sites (tertiary alicyclic amines) is 1. The monoisotopic (exact) mass is 437 g/mol. The average Bonchev–Trinajstić information content (AvgIpc) is 3.61. The number of hydrogen-bond acceptors (Lipinski definition) is 4. The van der Waals surface area contributed by atoms with E-state index in [1.807, 2.05) is 48.7 Å². The van der Waals surface area contributed by atoms with Crippen LogP contribution in [0.4, 0.5) is 4.79 Å². The fourth-order valence-electron chi connectivity index (χ4n) is 4.54. The molecule has 0 aliphatic carbocycles. The third kappa shape index (κ3) is 3.74. The van der Waals surface area contributed by atoms with Gasteiger partial charge in [-0.3, -0.25) is 4.90 Å². The molecule has 3 aromatic carbocycles. The van der Waals surface area contributed by atoms with Gasteiger partial charge in [-0.1, -0.05) is 42.5 Å². The van der Waals surface area contributed by atoms with Crippen LogP contribution in [0.2, 0.25) is 0 Å². The van der Waals surface area contributed by atoms with Crippen LogP contribution in [0.1, 0.15) is 30.3 Å². The first-order valence-electron chi connectivity index (χ1n) is 11.2. The first-order chi connectivity index (χ1) is 16.2.